The number of rotatable bonds is 3. The normalized spacial score (nSPS) is 18.0. The average molecular weight is 274 g/mol. The van der Waals surface area contributed by atoms with Gasteiger partial charge in [0.25, 0.3) is 0 Å². The lowest BCUT2D eigenvalue weighted by Gasteiger charge is -2.33. The van der Waals surface area contributed by atoms with Gasteiger partial charge in [-0.1, -0.05) is 0 Å². The van der Waals surface area contributed by atoms with Crippen LogP contribution in [-0.2, 0) is 0 Å². The predicted octanol–water partition coefficient (Wildman–Crippen LogP) is 2.33. The standard InChI is InChI=1S/C15H22N4O/c1-11(2)18-8-6-12(7-9-18)15-16-14-5-4-13(20-3)10-19(14)17-15/h4-5,10-12H,6-9H2,1-3H3. The van der Waals surface area contributed by atoms with Crippen LogP contribution in [0.25, 0.3) is 5.65 Å². The molecule has 0 saturated carbocycles. The second kappa shape index (κ2) is 5.40. The molecule has 0 aromatic carbocycles. The molecule has 0 atom stereocenters. The van der Waals surface area contributed by atoms with Crippen molar-refractivity contribution in [3.05, 3.63) is 24.2 Å². The zero-order valence-corrected chi connectivity index (χ0v) is 12.4. The summed E-state index contributed by atoms with van der Waals surface area (Å²) in [5.41, 5.74) is 0.895. The molecule has 1 fully saturated rings. The summed E-state index contributed by atoms with van der Waals surface area (Å²) < 4.78 is 7.04. The molecule has 1 aliphatic heterocycles. The van der Waals surface area contributed by atoms with Crippen LogP contribution in [0.15, 0.2) is 18.3 Å². The van der Waals surface area contributed by atoms with Crippen molar-refractivity contribution < 1.29 is 4.74 Å². The van der Waals surface area contributed by atoms with Gasteiger partial charge >= 0.3 is 0 Å². The SMILES string of the molecule is COc1ccc2nc(C3CCN(C(C)C)CC3)nn2c1. The first kappa shape index (κ1) is 13.4. The number of methoxy groups -OCH3 is 1. The van der Waals surface area contributed by atoms with Crippen LogP contribution in [0.4, 0.5) is 0 Å². The van der Waals surface area contributed by atoms with Crippen LogP contribution in [0.2, 0.25) is 0 Å². The minimum absolute atomic E-state index is 0.482. The molecule has 2 aromatic heterocycles. The zero-order chi connectivity index (χ0) is 14.1. The van der Waals surface area contributed by atoms with Crippen molar-refractivity contribution in [2.75, 3.05) is 20.2 Å². The summed E-state index contributed by atoms with van der Waals surface area (Å²) in [7, 11) is 1.67. The Balaban J connectivity index is 1.78. The third-order valence-corrected chi connectivity index (χ3v) is 4.18. The lowest BCUT2D eigenvalue weighted by molar-refractivity contribution is 0.169. The van der Waals surface area contributed by atoms with Gasteiger partial charge in [-0.25, -0.2) is 9.50 Å². The molecule has 5 nitrogen and oxygen atoms in total. The van der Waals surface area contributed by atoms with Crippen LogP contribution in [-0.4, -0.2) is 45.7 Å². The fraction of sp³-hybridized carbons (Fsp3) is 0.600. The van der Waals surface area contributed by atoms with Gasteiger partial charge in [-0.15, -0.1) is 0 Å². The Hall–Kier alpha value is -1.62. The predicted molar refractivity (Wildman–Crippen MR) is 78.2 cm³/mol. The summed E-state index contributed by atoms with van der Waals surface area (Å²) >= 11 is 0. The molecule has 2 aromatic rings. The Kier molecular flexibility index (Phi) is 3.61. The monoisotopic (exact) mass is 274 g/mol. The summed E-state index contributed by atoms with van der Waals surface area (Å²) in [5.74, 6) is 2.26. The van der Waals surface area contributed by atoms with Crippen molar-refractivity contribution in [1.29, 1.82) is 0 Å². The van der Waals surface area contributed by atoms with Crippen LogP contribution in [0.1, 0.15) is 38.4 Å². The first-order chi connectivity index (χ1) is 9.67. The molecular formula is C15H22N4O. The number of aromatic nitrogens is 3. The Morgan fingerprint density at radius 2 is 2.00 bits per heavy atom. The minimum atomic E-state index is 0.482. The summed E-state index contributed by atoms with van der Waals surface area (Å²) in [6.45, 7) is 6.80. The maximum absolute atomic E-state index is 5.22. The smallest absolute Gasteiger partial charge is 0.155 e. The summed E-state index contributed by atoms with van der Waals surface area (Å²) in [6.07, 6.45) is 4.17. The molecule has 0 unspecified atom stereocenters. The van der Waals surface area contributed by atoms with E-state index in [1.54, 1.807) is 7.11 Å². The van der Waals surface area contributed by atoms with E-state index in [1.165, 1.54) is 0 Å². The average Bonchev–Trinajstić information content (AvgIpc) is 2.90. The summed E-state index contributed by atoms with van der Waals surface area (Å²) in [5, 5.41) is 4.62. The number of ether oxygens (including phenoxy) is 1. The molecule has 1 saturated heterocycles. The van der Waals surface area contributed by atoms with E-state index in [2.05, 4.69) is 28.8 Å². The molecule has 5 heteroatoms. The van der Waals surface area contributed by atoms with E-state index >= 15 is 0 Å². The minimum Gasteiger partial charge on any atom is -0.495 e. The van der Waals surface area contributed by atoms with Crippen molar-refractivity contribution in [2.45, 2.75) is 38.6 Å². The van der Waals surface area contributed by atoms with Gasteiger partial charge in [0.1, 0.15) is 5.75 Å². The number of likely N-dealkylation sites (tertiary alicyclic amines) is 1. The highest BCUT2D eigenvalue weighted by molar-refractivity contribution is 5.40. The first-order valence-corrected chi connectivity index (χ1v) is 7.31. The van der Waals surface area contributed by atoms with Gasteiger partial charge in [0, 0.05) is 12.0 Å². The van der Waals surface area contributed by atoms with Crippen molar-refractivity contribution in [3.8, 4) is 5.75 Å². The van der Waals surface area contributed by atoms with Crippen LogP contribution in [0.5, 0.6) is 5.75 Å². The third-order valence-electron chi connectivity index (χ3n) is 4.18. The van der Waals surface area contributed by atoms with Crippen molar-refractivity contribution in [1.82, 2.24) is 19.5 Å². The summed E-state index contributed by atoms with van der Waals surface area (Å²) in [6, 6.07) is 4.52. The number of nitrogens with zero attached hydrogens (tertiary/aromatic N) is 4. The zero-order valence-electron chi connectivity index (χ0n) is 12.4. The lowest BCUT2D eigenvalue weighted by Crippen LogP contribution is -2.38. The molecule has 0 spiro atoms. The topological polar surface area (TPSA) is 42.7 Å². The van der Waals surface area contributed by atoms with Gasteiger partial charge < -0.3 is 9.64 Å². The molecule has 20 heavy (non-hydrogen) atoms. The quantitative estimate of drug-likeness (QED) is 0.861. The van der Waals surface area contributed by atoms with E-state index in [0.717, 1.165) is 43.2 Å². The Labute approximate surface area is 119 Å². The van der Waals surface area contributed by atoms with Gasteiger partial charge in [0.2, 0.25) is 0 Å². The molecule has 3 rings (SSSR count). The van der Waals surface area contributed by atoms with E-state index in [9.17, 15) is 0 Å². The summed E-state index contributed by atoms with van der Waals surface area (Å²) in [4.78, 5) is 7.18. The maximum Gasteiger partial charge on any atom is 0.155 e. The van der Waals surface area contributed by atoms with Gasteiger partial charge in [0.05, 0.1) is 13.3 Å². The van der Waals surface area contributed by atoms with Crippen molar-refractivity contribution in [3.63, 3.8) is 0 Å². The van der Waals surface area contributed by atoms with Gasteiger partial charge in [-0.2, -0.15) is 5.10 Å². The van der Waals surface area contributed by atoms with Gasteiger partial charge in [0.15, 0.2) is 11.5 Å². The van der Waals surface area contributed by atoms with Crippen molar-refractivity contribution in [2.24, 2.45) is 0 Å². The molecule has 0 aliphatic carbocycles. The third kappa shape index (κ3) is 2.50. The molecule has 108 valence electrons. The molecule has 0 amide bonds. The largest absolute Gasteiger partial charge is 0.495 e. The van der Waals surface area contributed by atoms with Crippen LogP contribution >= 0.6 is 0 Å². The molecule has 1 aliphatic rings. The lowest BCUT2D eigenvalue weighted by atomic mass is 9.95. The second-order valence-corrected chi connectivity index (χ2v) is 5.75. The van der Waals surface area contributed by atoms with E-state index in [0.29, 0.717) is 12.0 Å². The van der Waals surface area contributed by atoms with Gasteiger partial charge in [-0.05, 0) is 51.9 Å². The highest BCUT2D eigenvalue weighted by Gasteiger charge is 2.24. The highest BCUT2D eigenvalue weighted by atomic mass is 16.5. The fourth-order valence-corrected chi connectivity index (χ4v) is 2.85. The molecule has 0 radical (unpaired) electrons. The van der Waals surface area contributed by atoms with E-state index < -0.39 is 0 Å². The maximum atomic E-state index is 5.22. The Morgan fingerprint density at radius 3 is 2.65 bits per heavy atom. The van der Waals surface area contributed by atoms with E-state index in [1.807, 2.05) is 22.8 Å². The second-order valence-electron chi connectivity index (χ2n) is 5.75. The number of piperidine rings is 1. The van der Waals surface area contributed by atoms with Crippen molar-refractivity contribution >= 4 is 5.65 Å². The number of hydrogen-bond donors (Lipinski definition) is 0. The number of pyridine rings is 1. The first-order valence-electron chi connectivity index (χ1n) is 7.31. The van der Waals surface area contributed by atoms with E-state index in [4.69, 9.17) is 4.74 Å². The fourth-order valence-electron chi connectivity index (χ4n) is 2.85. The molecular weight excluding hydrogens is 252 g/mol. The molecule has 0 bridgehead atoms. The van der Waals surface area contributed by atoms with Gasteiger partial charge in [-0.3, -0.25) is 0 Å². The van der Waals surface area contributed by atoms with Crippen LogP contribution in [0, 0.1) is 0 Å². The van der Waals surface area contributed by atoms with Crippen LogP contribution < -0.4 is 4.74 Å². The Bertz CT molecular complexity index is 585. The van der Waals surface area contributed by atoms with Crippen LogP contribution in [0.3, 0.4) is 0 Å². The highest BCUT2D eigenvalue weighted by Crippen LogP contribution is 2.27. The van der Waals surface area contributed by atoms with E-state index in [-0.39, 0.29) is 0 Å². The molecule has 0 N–H and O–H groups in total. The number of fused-ring (bicyclic) bond motifs is 1. The number of hydrogen-bond acceptors (Lipinski definition) is 4. The Morgan fingerprint density at radius 1 is 1.25 bits per heavy atom. The molecule has 3 heterocycles.